The van der Waals surface area contributed by atoms with Crippen LogP contribution < -0.4 is 10.1 Å². The molecule has 174 valence electrons. The number of halogens is 1. The first-order valence-electron chi connectivity index (χ1n) is 11.3. The van der Waals surface area contributed by atoms with Gasteiger partial charge in [-0.15, -0.1) is 0 Å². The van der Waals surface area contributed by atoms with Crippen LogP contribution in [0.25, 0.3) is 0 Å². The van der Waals surface area contributed by atoms with Gasteiger partial charge in [0.25, 0.3) is 0 Å². The molecule has 0 aliphatic heterocycles. The molecule has 0 aliphatic carbocycles. The molecule has 0 saturated heterocycles. The fourth-order valence-electron chi connectivity index (χ4n) is 3.32. The summed E-state index contributed by atoms with van der Waals surface area (Å²) in [6.45, 7) is 9.50. The predicted molar refractivity (Wildman–Crippen MR) is 130 cm³/mol. The highest BCUT2D eigenvalue weighted by Crippen LogP contribution is 2.17. The van der Waals surface area contributed by atoms with Gasteiger partial charge < -0.3 is 15.0 Å². The Morgan fingerprint density at radius 2 is 1.72 bits per heavy atom. The van der Waals surface area contributed by atoms with E-state index >= 15 is 0 Å². The molecular formula is C26H35ClN2O3. The second kappa shape index (κ2) is 13.1. The number of benzene rings is 2. The van der Waals surface area contributed by atoms with Crippen molar-refractivity contribution in [3.63, 3.8) is 0 Å². The fourth-order valence-corrected chi connectivity index (χ4v) is 3.45. The molecule has 0 bridgehead atoms. The van der Waals surface area contributed by atoms with Crippen molar-refractivity contribution in [2.45, 2.75) is 59.5 Å². The zero-order valence-corrected chi connectivity index (χ0v) is 20.3. The molecular weight excluding hydrogens is 424 g/mol. The number of nitrogens with one attached hydrogen (secondary N) is 1. The standard InChI is InChI=1S/C26H35ClN2O3/c1-5-24(26(31)28-17-19(2)3)29(18-21-10-8-20(4)9-11-21)25(30)7-6-16-32-23-14-12-22(27)13-15-23/h8-15,19,24H,5-7,16-18H2,1-4H3,(H,28,31). The zero-order chi connectivity index (χ0) is 23.5. The Balaban J connectivity index is 2.03. The minimum absolute atomic E-state index is 0.0446. The van der Waals surface area contributed by atoms with Gasteiger partial charge in [0, 0.05) is 24.5 Å². The molecule has 2 rings (SSSR count). The Morgan fingerprint density at radius 1 is 1.06 bits per heavy atom. The number of rotatable bonds is 12. The summed E-state index contributed by atoms with van der Waals surface area (Å²) >= 11 is 5.89. The molecule has 32 heavy (non-hydrogen) atoms. The first kappa shape index (κ1) is 25.7. The summed E-state index contributed by atoms with van der Waals surface area (Å²) < 4.78 is 5.71. The minimum atomic E-state index is -0.500. The van der Waals surface area contributed by atoms with Crippen molar-refractivity contribution in [3.8, 4) is 5.75 Å². The maximum Gasteiger partial charge on any atom is 0.242 e. The molecule has 2 amide bonds. The summed E-state index contributed by atoms with van der Waals surface area (Å²) in [6.07, 6.45) is 1.44. The maximum atomic E-state index is 13.2. The van der Waals surface area contributed by atoms with E-state index in [2.05, 4.69) is 19.2 Å². The van der Waals surface area contributed by atoms with Crippen molar-refractivity contribution in [1.29, 1.82) is 0 Å². The third-order valence-electron chi connectivity index (χ3n) is 5.16. The van der Waals surface area contributed by atoms with E-state index in [1.807, 2.05) is 38.1 Å². The molecule has 0 fully saturated rings. The van der Waals surface area contributed by atoms with Gasteiger partial charge in [0.15, 0.2) is 0 Å². The van der Waals surface area contributed by atoms with E-state index in [4.69, 9.17) is 16.3 Å². The summed E-state index contributed by atoms with van der Waals surface area (Å²) in [5.41, 5.74) is 2.17. The van der Waals surface area contributed by atoms with Gasteiger partial charge in [-0.05, 0) is 55.5 Å². The van der Waals surface area contributed by atoms with E-state index in [-0.39, 0.29) is 11.8 Å². The molecule has 0 spiro atoms. The minimum Gasteiger partial charge on any atom is -0.494 e. The van der Waals surface area contributed by atoms with Crippen LogP contribution in [0.4, 0.5) is 0 Å². The van der Waals surface area contributed by atoms with Gasteiger partial charge in [0.1, 0.15) is 11.8 Å². The molecule has 5 nitrogen and oxygen atoms in total. The lowest BCUT2D eigenvalue weighted by Gasteiger charge is -2.31. The molecule has 1 atom stereocenters. The van der Waals surface area contributed by atoms with Crippen molar-refractivity contribution in [2.24, 2.45) is 5.92 Å². The van der Waals surface area contributed by atoms with Crippen LogP contribution in [0.2, 0.25) is 5.02 Å². The van der Waals surface area contributed by atoms with Gasteiger partial charge in [-0.2, -0.15) is 0 Å². The number of nitrogens with zero attached hydrogens (tertiary/aromatic N) is 1. The molecule has 1 unspecified atom stereocenters. The van der Waals surface area contributed by atoms with E-state index in [0.29, 0.717) is 49.9 Å². The van der Waals surface area contributed by atoms with Crippen molar-refractivity contribution in [2.75, 3.05) is 13.2 Å². The summed E-state index contributed by atoms with van der Waals surface area (Å²) in [6, 6.07) is 14.7. The number of hydrogen-bond acceptors (Lipinski definition) is 3. The highest BCUT2D eigenvalue weighted by Gasteiger charge is 2.28. The average Bonchev–Trinajstić information content (AvgIpc) is 2.77. The van der Waals surface area contributed by atoms with E-state index in [1.165, 1.54) is 0 Å². The largest absolute Gasteiger partial charge is 0.494 e. The number of amides is 2. The normalized spacial score (nSPS) is 11.8. The molecule has 0 aromatic heterocycles. The van der Waals surface area contributed by atoms with Crippen LogP contribution in [0.15, 0.2) is 48.5 Å². The van der Waals surface area contributed by atoms with Crippen molar-refractivity contribution < 1.29 is 14.3 Å². The molecule has 2 aromatic rings. The number of hydrogen-bond donors (Lipinski definition) is 1. The number of carbonyl (C=O) groups excluding carboxylic acids is 2. The highest BCUT2D eigenvalue weighted by atomic mass is 35.5. The second-order valence-corrected chi connectivity index (χ2v) is 8.91. The highest BCUT2D eigenvalue weighted by molar-refractivity contribution is 6.30. The van der Waals surface area contributed by atoms with Crippen LogP contribution in [0.3, 0.4) is 0 Å². The van der Waals surface area contributed by atoms with E-state index in [1.54, 1.807) is 29.2 Å². The van der Waals surface area contributed by atoms with E-state index < -0.39 is 6.04 Å². The number of carbonyl (C=O) groups is 2. The molecule has 2 aromatic carbocycles. The molecule has 0 heterocycles. The lowest BCUT2D eigenvalue weighted by molar-refractivity contribution is -0.141. The Hall–Kier alpha value is -2.53. The summed E-state index contributed by atoms with van der Waals surface area (Å²) in [7, 11) is 0. The summed E-state index contributed by atoms with van der Waals surface area (Å²) in [5, 5.41) is 3.64. The Morgan fingerprint density at radius 3 is 2.31 bits per heavy atom. The van der Waals surface area contributed by atoms with Crippen LogP contribution in [-0.4, -0.2) is 35.9 Å². The Labute approximate surface area is 197 Å². The number of ether oxygens (including phenoxy) is 1. The Kier molecular flexibility index (Phi) is 10.5. The summed E-state index contributed by atoms with van der Waals surface area (Å²) in [4.78, 5) is 27.8. The SMILES string of the molecule is CCC(C(=O)NCC(C)C)N(Cc1ccc(C)cc1)C(=O)CCCOc1ccc(Cl)cc1. The smallest absolute Gasteiger partial charge is 0.242 e. The molecule has 1 N–H and O–H groups in total. The molecule has 0 aliphatic rings. The van der Waals surface area contributed by atoms with Crippen molar-refractivity contribution in [3.05, 3.63) is 64.7 Å². The van der Waals surface area contributed by atoms with Gasteiger partial charge in [0.05, 0.1) is 6.61 Å². The maximum absolute atomic E-state index is 13.2. The fraction of sp³-hybridized carbons (Fsp3) is 0.462. The molecule has 0 saturated carbocycles. The lowest BCUT2D eigenvalue weighted by Crippen LogP contribution is -2.49. The third-order valence-corrected chi connectivity index (χ3v) is 5.41. The van der Waals surface area contributed by atoms with Crippen LogP contribution in [-0.2, 0) is 16.1 Å². The Bertz CT molecular complexity index is 850. The van der Waals surface area contributed by atoms with E-state index in [0.717, 1.165) is 16.9 Å². The van der Waals surface area contributed by atoms with Gasteiger partial charge in [-0.25, -0.2) is 0 Å². The zero-order valence-electron chi connectivity index (χ0n) is 19.6. The van der Waals surface area contributed by atoms with Crippen molar-refractivity contribution >= 4 is 23.4 Å². The van der Waals surface area contributed by atoms with Gasteiger partial charge in [-0.1, -0.05) is 62.2 Å². The monoisotopic (exact) mass is 458 g/mol. The van der Waals surface area contributed by atoms with Crippen molar-refractivity contribution in [1.82, 2.24) is 10.2 Å². The van der Waals surface area contributed by atoms with Crippen LogP contribution >= 0.6 is 11.6 Å². The first-order valence-corrected chi connectivity index (χ1v) is 11.7. The van der Waals surface area contributed by atoms with E-state index in [9.17, 15) is 9.59 Å². The first-order chi connectivity index (χ1) is 15.3. The average molecular weight is 459 g/mol. The molecule has 6 heteroatoms. The third kappa shape index (κ3) is 8.54. The number of aryl methyl sites for hydroxylation is 1. The predicted octanol–water partition coefficient (Wildman–Crippen LogP) is 5.39. The van der Waals surface area contributed by atoms with Crippen LogP contribution in [0.1, 0.15) is 51.2 Å². The lowest BCUT2D eigenvalue weighted by atomic mass is 10.1. The van der Waals surface area contributed by atoms with Crippen LogP contribution in [0.5, 0.6) is 5.75 Å². The van der Waals surface area contributed by atoms with Gasteiger partial charge >= 0.3 is 0 Å². The quantitative estimate of drug-likeness (QED) is 0.434. The molecule has 0 radical (unpaired) electrons. The van der Waals surface area contributed by atoms with Crippen LogP contribution in [0, 0.1) is 12.8 Å². The summed E-state index contributed by atoms with van der Waals surface area (Å²) in [5.74, 6) is 0.927. The topological polar surface area (TPSA) is 58.6 Å². The second-order valence-electron chi connectivity index (χ2n) is 8.48. The van der Waals surface area contributed by atoms with Gasteiger partial charge in [-0.3, -0.25) is 9.59 Å². The van der Waals surface area contributed by atoms with Gasteiger partial charge in [0.2, 0.25) is 11.8 Å².